The smallest absolute Gasteiger partial charge is 0.233 e. The Balaban J connectivity index is 2.43. The van der Waals surface area contributed by atoms with Crippen LogP contribution >= 0.6 is 0 Å². The first kappa shape index (κ1) is 27.1. The Hall–Kier alpha value is -1.96. The third-order valence-electron chi connectivity index (χ3n) is 5.38. The Labute approximate surface area is 186 Å². The number of imide groups is 1. The van der Waals surface area contributed by atoms with Crippen molar-refractivity contribution in [3.05, 3.63) is 0 Å². The summed E-state index contributed by atoms with van der Waals surface area (Å²) in [5.74, 6) is -0.824. The number of ether oxygens (including phenoxy) is 1. The molecular formula is C23H41N3O5. The zero-order valence-corrected chi connectivity index (χ0v) is 20.5. The van der Waals surface area contributed by atoms with Crippen molar-refractivity contribution >= 4 is 23.6 Å². The number of hydrogen-bond donors (Lipinski definition) is 2. The highest BCUT2D eigenvalue weighted by atomic mass is 16.5. The maximum Gasteiger partial charge on any atom is 0.233 e. The van der Waals surface area contributed by atoms with Gasteiger partial charge in [0.05, 0.1) is 12.0 Å². The van der Waals surface area contributed by atoms with Crippen LogP contribution in [0, 0.1) is 11.8 Å². The minimum Gasteiger partial charge on any atom is -0.375 e. The number of likely N-dealkylation sites (tertiary alicyclic amines) is 1. The number of nitrogens with one attached hydrogen (secondary N) is 2. The molecule has 8 nitrogen and oxygen atoms in total. The molecule has 0 aromatic heterocycles. The quantitative estimate of drug-likeness (QED) is 0.454. The maximum atomic E-state index is 12.4. The molecule has 1 unspecified atom stereocenters. The third kappa shape index (κ3) is 9.37. The SMILES string of the molecule is CC(C)NC(=O)CC(C)(C)OCCC(C)(C)NC(=O)CCN1C(=O)CC(C(C)C)C1=O. The van der Waals surface area contributed by atoms with Crippen LogP contribution in [0.2, 0.25) is 0 Å². The predicted molar refractivity (Wildman–Crippen MR) is 119 cm³/mol. The molecule has 4 amide bonds. The number of rotatable bonds is 12. The molecule has 0 aromatic rings. The summed E-state index contributed by atoms with van der Waals surface area (Å²) in [6.45, 7) is 15.7. The predicted octanol–water partition coefficient (Wildman–Crippen LogP) is 2.40. The molecule has 31 heavy (non-hydrogen) atoms. The van der Waals surface area contributed by atoms with Crippen molar-refractivity contribution in [1.29, 1.82) is 0 Å². The van der Waals surface area contributed by atoms with Crippen molar-refractivity contribution in [2.45, 2.75) is 98.3 Å². The molecule has 1 rings (SSSR count). The highest BCUT2D eigenvalue weighted by Crippen LogP contribution is 2.26. The molecule has 0 aliphatic carbocycles. The summed E-state index contributed by atoms with van der Waals surface area (Å²) in [5, 5.41) is 5.81. The summed E-state index contributed by atoms with van der Waals surface area (Å²) >= 11 is 0. The topological polar surface area (TPSA) is 105 Å². The van der Waals surface area contributed by atoms with E-state index in [1.807, 2.05) is 55.4 Å². The fourth-order valence-electron chi connectivity index (χ4n) is 3.57. The Morgan fingerprint density at radius 3 is 2.23 bits per heavy atom. The fourth-order valence-corrected chi connectivity index (χ4v) is 3.57. The second kappa shape index (κ2) is 11.1. The van der Waals surface area contributed by atoms with Crippen LogP contribution in [0.25, 0.3) is 0 Å². The lowest BCUT2D eigenvalue weighted by Crippen LogP contribution is -2.46. The Kier molecular flexibility index (Phi) is 9.67. The van der Waals surface area contributed by atoms with Crippen LogP contribution in [0.1, 0.15) is 81.1 Å². The molecule has 0 aromatic carbocycles. The van der Waals surface area contributed by atoms with Gasteiger partial charge in [-0.15, -0.1) is 0 Å². The van der Waals surface area contributed by atoms with Gasteiger partial charge >= 0.3 is 0 Å². The van der Waals surface area contributed by atoms with E-state index in [0.29, 0.717) is 13.0 Å². The zero-order valence-electron chi connectivity index (χ0n) is 20.5. The standard InChI is InChI=1S/C23H41N3O5/c1-15(2)17-13-20(29)26(21(17)30)11-9-18(27)25-22(5,6)10-12-31-23(7,8)14-19(28)24-16(3)4/h15-17H,9-14H2,1-8H3,(H,24,28)(H,25,27). The molecule has 1 fully saturated rings. The number of carbonyl (C=O) groups excluding carboxylic acids is 4. The summed E-state index contributed by atoms with van der Waals surface area (Å²) in [5.41, 5.74) is -1.13. The van der Waals surface area contributed by atoms with E-state index in [0.717, 1.165) is 0 Å². The van der Waals surface area contributed by atoms with Crippen molar-refractivity contribution in [1.82, 2.24) is 15.5 Å². The number of hydrogen-bond acceptors (Lipinski definition) is 5. The van der Waals surface area contributed by atoms with Crippen LogP contribution in [0.3, 0.4) is 0 Å². The van der Waals surface area contributed by atoms with Gasteiger partial charge in [-0.05, 0) is 53.9 Å². The third-order valence-corrected chi connectivity index (χ3v) is 5.38. The molecule has 0 saturated carbocycles. The van der Waals surface area contributed by atoms with E-state index in [1.165, 1.54) is 4.90 Å². The normalized spacial score (nSPS) is 17.6. The number of nitrogens with zero attached hydrogens (tertiary/aromatic N) is 1. The summed E-state index contributed by atoms with van der Waals surface area (Å²) in [7, 11) is 0. The van der Waals surface area contributed by atoms with Gasteiger partial charge in [-0.1, -0.05) is 13.8 Å². The van der Waals surface area contributed by atoms with Crippen molar-refractivity contribution in [2.24, 2.45) is 11.8 Å². The monoisotopic (exact) mass is 439 g/mol. The molecule has 1 aliphatic rings. The van der Waals surface area contributed by atoms with Crippen LogP contribution in [0.15, 0.2) is 0 Å². The summed E-state index contributed by atoms with van der Waals surface area (Å²) in [4.78, 5) is 50.0. The fraction of sp³-hybridized carbons (Fsp3) is 0.826. The summed E-state index contributed by atoms with van der Waals surface area (Å²) in [6, 6.07) is 0.0832. The van der Waals surface area contributed by atoms with Gasteiger partial charge in [0.15, 0.2) is 0 Å². The van der Waals surface area contributed by atoms with Crippen LogP contribution < -0.4 is 10.6 Å². The van der Waals surface area contributed by atoms with Gasteiger partial charge in [-0.3, -0.25) is 24.1 Å². The van der Waals surface area contributed by atoms with Gasteiger partial charge in [0, 0.05) is 43.5 Å². The van der Waals surface area contributed by atoms with Crippen molar-refractivity contribution in [3.8, 4) is 0 Å². The van der Waals surface area contributed by atoms with Crippen LogP contribution in [-0.4, -0.2) is 58.9 Å². The van der Waals surface area contributed by atoms with Crippen molar-refractivity contribution < 1.29 is 23.9 Å². The van der Waals surface area contributed by atoms with E-state index in [9.17, 15) is 19.2 Å². The highest BCUT2D eigenvalue weighted by molar-refractivity contribution is 6.03. The van der Waals surface area contributed by atoms with Gasteiger partial charge in [0.1, 0.15) is 0 Å². The number of carbonyl (C=O) groups is 4. The van der Waals surface area contributed by atoms with Crippen LogP contribution in [0.4, 0.5) is 0 Å². The molecule has 8 heteroatoms. The summed E-state index contributed by atoms with van der Waals surface area (Å²) < 4.78 is 5.89. The molecule has 1 atom stereocenters. The van der Waals surface area contributed by atoms with E-state index in [-0.39, 0.29) is 67.3 Å². The highest BCUT2D eigenvalue weighted by Gasteiger charge is 2.40. The lowest BCUT2D eigenvalue weighted by atomic mass is 9.94. The zero-order chi connectivity index (χ0) is 24.0. The lowest BCUT2D eigenvalue weighted by molar-refractivity contribution is -0.140. The van der Waals surface area contributed by atoms with E-state index >= 15 is 0 Å². The molecule has 2 N–H and O–H groups in total. The second-order valence-electron chi connectivity index (χ2n) is 10.4. The molecule has 1 heterocycles. The molecule has 0 spiro atoms. The van der Waals surface area contributed by atoms with E-state index in [1.54, 1.807) is 0 Å². The molecular weight excluding hydrogens is 398 g/mol. The van der Waals surface area contributed by atoms with Crippen LogP contribution in [-0.2, 0) is 23.9 Å². The molecule has 0 radical (unpaired) electrons. The minimum atomic E-state index is -0.609. The summed E-state index contributed by atoms with van der Waals surface area (Å²) in [6.07, 6.45) is 1.12. The van der Waals surface area contributed by atoms with Gasteiger partial charge < -0.3 is 15.4 Å². The van der Waals surface area contributed by atoms with Crippen LogP contribution in [0.5, 0.6) is 0 Å². The van der Waals surface area contributed by atoms with Gasteiger partial charge in [-0.25, -0.2) is 0 Å². The average molecular weight is 440 g/mol. The maximum absolute atomic E-state index is 12.4. The van der Waals surface area contributed by atoms with E-state index in [2.05, 4.69) is 10.6 Å². The molecule has 1 saturated heterocycles. The van der Waals surface area contributed by atoms with Gasteiger partial charge in [0.2, 0.25) is 23.6 Å². The molecule has 178 valence electrons. The average Bonchev–Trinajstić information content (AvgIpc) is 2.85. The molecule has 1 aliphatic heterocycles. The van der Waals surface area contributed by atoms with Crippen molar-refractivity contribution in [2.75, 3.05) is 13.2 Å². The largest absolute Gasteiger partial charge is 0.375 e. The van der Waals surface area contributed by atoms with Crippen molar-refractivity contribution in [3.63, 3.8) is 0 Å². The van der Waals surface area contributed by atoms with Gasteiger partial charge in [0.25, 0.3) is 0 Å². The van der Waals surface area contributed by atoms with E-state index < -0.39 is 11.1 Å². The Bertz CT molecular complexity index is 670. The van der Waals surface area contributed by atoms with E-state index in [4.69, 9.17) is 4.74 Å². The second-order valence-corrected chi connectivity index (χ2v) is 10.4. The first-order chi connectivity index (χ1) is 14.1. The lowest BCUT2D eigenvalue weighted by Gasteiger charge is -2.30. The first-order valence-electron chi connectivity index (χ1n) is 11.2. The molecule has 0 bridgehead atoms. The minimum absolute atomic E-state index is 0.0572. The first-order valence-corrected chi connectivity index (χ1v) is 11.2. The van der Waals surface area contributed by atoms with Gasteiger partial charge in [-0.2, -0.15) is 0 Å². The Morgan fingerprint density at radius 1 is 1.10 bits per heavy atom. The number of amides is 4. The Morgan fingerprint density at radius 2 is 1.71 bits per heavy atom.